The Hall–Kier alpha value is -1.42. The quantitative estimate of drug-likeness (QED) is 0.858. The number of rotatable bonds is 3. The summed E-state index contributed by atoms with van der Waals surface area (Å²) < 4.78 is 26.1. The fourth-order valence-electron chi connectivity index (χ4n) is 3.97. The first-order chi connectivity index (χ1) is 11.2. The lowest BCUT2D eigenvalue weighted by Crippen LogP contribution is -2.67. The average molecular weight is 371 g/mol. The van der Waals surface area contributed by atoms with Gasteiger partial charge in [0.2, 0.25) is 0 Å². The number of hydrogen-bond donors (Lipinski definition) is 1. The van der Waals surface area contributed by atoms with Gasteiger partial charge in [-0.2, -0.15) is 12.7 Å². The van der Waals surface area contributed by atoms with E-state index in [-0.39, 0.29) is 11.5 Å². The van der Waals surface area contributed by atoms with Crippen molar-refractivity contribution in [2.45, 2.75) is 18.9 Å². The molecule has 0 radical (unpaired) electrons. The van der Waals surface area contributed by atoms with Crippen LogP contribution in [0.2, 0.25) is 5.02 Å². The van der Waals surface area contributed by atoms with Crippen LogP contribution in [0.4, 0.5) is 5.82 Å². The Morgan fingerprint density at radius 2 is 2.04 bits per heavy atom. The fourth-order valence-corrected chi connectivity index (χ4v) is 4.82. The summed E-state index contributed by atoms with van der Waals surface area (Å²) in [5.41, 5.74) is 1.84. The third kappa shape index (κ3) is 2.30. The van der Waals surface area contributed by atoms with Crippen molar-refractivity contribution in [1.29, 1.82) is 0 Å². The molecule has 8 nitrogen and oxygen atoms in total. The van der Waals surface area contributed by atoms with E-state index in [0.717, 1.165) is 42.8 Å². The highest BCUT2D eigenvalue weighted by molar-refractivity contribution is 7.86. The molecule has 1 saturated heterocycles. The lowest BCUT2D eigenvalue weighted by molar-refractivity contribution is 0.0207. The predicted octanol–water partition coefficient (Wildman–Crippen LogP) is 0.726. The molecule has 2 aromatic heterocycles. The SMILES string of the molecule is CN(C1CC2(C1)CN(c1ncnc3c(Cl)cn(C)c13)C2)S(N)(=O)=O. The van der Waals surface area contributed by atoms with Crippen molar-refractivity contribution in [1.82, 2.24) is 18.8 Å². The van der Waals surface area contributed by atoms with E-state index in [9.17, 15) is 8.42 Å². The second-order valence-electron chi connectivity index (χ2n) is 6.96. The van der Waals surface area contributed by atoms with Crippen molar-refractivity contribution in [2.24, 2.45) is 17.6 Å². The van der Waals surface area contributed by atoms with Gasteiger partial charge in [-0.3, -0.25) is 0 Å². The van der Waals surface area contributed by atoms with Gasteiger partial charge < -0.3 is 9.47 Å². The highest BCUT2D eigenvalue weighted by atomic mass is 35.5. The second kappa shape index (κ2) is 5.04. The lowest BCUT2D eigenvalue weighted by atomic mass is 9.60. The van der Waals surface area contributed by atoms with Gasteiger partial charge in [-0.25, -0.2) is 15.1 Å². The largest absolute Gasteiger partial charge is 0.354 e. The Labute approximate surface area is 145 Å². The van der Waals surface area contributed by atoms with Gasteiger partial charge in [0.1, 0.15) is 17.4 Å². The molecule has 0 amide bonds. The molecule has 0 bridgehead atoms. The summed E-state index contributed by atoms with van der Waals surface area (Å²) in [4.78, 5) is 10.9. The number of nitrogens with two attached hydrogens (primary N) is 1. The molecule has 2 fully saturated rings. The molecule has 130 valence electrons. The second-order valence-corrected chi connectivity index (χ2v) is 8.97. The van der Waals surface area contributed by atoms with Crippen molar-refractivity contribution in [3.05, 3.63) is 17.5 Å². The van der Waals surface area contributed by atoms with Crippen molar-refractivity contribution in [3.8, 4) is 0 Å². The van der Waals surface area contributed by atoms with Gasteiger partial charge in [-0.1, -0.05) is 11.6 Å². The van der Waals surface area contributed by atoms with Gasteiger partial charge in [-0.05, 0) is 12.8 Å². The number of fused-ring (bicyclic) bond motifs is 1. The Morgan fingerprint density at radius 3 is 2.67 bits per heavy atom. The first kappa shape index (κ1) is 16.1. The molecular weight excluding hydrogens is 352 g/mol. The van der Waals surface area contributed by atoms with E-state index in [4.69, 9.17) is 16.7 Å². The molecule has 4 rings (SSSR count). The molecule has 0 unspecified atom stereocenters. The molecule has 0 atom stereocenters. The molecule has 3 heterocycles. The minimum atomic E-state index is -3.61. The Bertz CT molecular complexity index is 913. The van der Waals surface area contributed by atoms with E-state index >= 15 is 0 Å². The van der Waals surface area contributed by atoms with Gasteiger partial charge in [0.05, 0.1) is 5.02 Å². The molecule has 1 saturated carbocycles. The molecule has 1 spiro atoms. The van der Waals surface area contributed by atoms with Crippen LogP contribution >= 0.6 is 11.6 Å². The van der Waals surface area contributed by atoms with Crippen molar-refractivity contribution < 1.29 is 8.42 Å². The summed E-state index contributed by atoms with van der Waals surface area (Å²) in [7, 11) is -0.141. The highest BCUT2D eigenvalue weighted by Gasteiger charge is 2.55. The molecule has 2 N–H and O–H groups in total. The van der Waals surface area contributed by atoms with E-state index < -0.39 is 10.2 Å². The fraction of sp³-hybridized carbons (Fsp3) is 0.571. The zero-order valence-electron chi connectivity index (χ0n) is 13.5. The van der Waals surface area contributed by atoms with E-state index in [0.29, 0.717) is 5.02 Å². The lowest BCUT2D eigenvalue weighted by Gasteiger charge is -2.60. The van der Waals surface area contributed by atoms with Crippen LogP contribution in [0.3, 0.4) is 0 Å². The number of anilines is 1. The van der Waals surface area contributed by atoms with Crippen LogP contribution in [-0.4, -0.2) is 53.4 Å². The zero-order valence-corrected chi connectivity index (χ0v) is 15.0. The maximum absolute atomic E-state index is 11.4. The number of nitrogens with zero attached hydrogens (tertiary/aromatic N) is 5. The predicted molar refractivity (Wildman–Crippen MR) is 92.1 cm³/mol. The average Bonchev–Trinajstić information content (AvgIpc) is 2.70. The molecule has 1 aliphatic carbocycles. The van der Waals surface area contributed by atoms with Gasteiger partial charge in [0.15, 0.2) is 5.82 Å². The first-order valence-electron chi connectivity index (χ1n) is 7.66. The summed E-state index contributed by atoms with van der Waals surface area (Å²) in [6, 6.07) is -0.00273. The van der Waals surface area contributed by atoms with Crippen LogP contribution in [0.15, 0.2) is 12.5 Å². The number of halogens is 1. The Morgan fingerprint density at radius 1 is 1.38 bits per heavy atom. The summed E-state index contributed by atoms with van der Waals surface area (Å²) in [6.07, 6.45) is 5.03. The van der Waals surface area contributed by atoms with Gasteiger partial charge >= 0.3 is 0 Å². The number of hydrogen-bond acceptors (Lipinski definition) is 5. The van der Waals surface area contributed by atoms with Gasteiger partial charge in [0, 0.05) is 44.8 Å². The zero-order chi connectivity index (χ0) is 17.3. The number of aromatic nitrogens is 3. The van der Waals surface area contributed by atoms with Crippen molar-refractivity contribution in [2.75, 3.05) is 25.0 Å². The Balaban J connectivity index is 1.50. The molecule has 24 heavy (non-hydrogen) atoms. The third-order valence-corrected chi connectivity index (χ3v) is 6.67. The van der Waals surface area contributed by atoms with Crippen molar-refractivity contribution >= 4 is 38.7 Å². The maximum atomic E-state index is 11.4. The van der Waals surface area contributed by atoms with Crippen LogP contribution < -0.4 is 10.0 Å². The minimum Gasteiger partial charge on any atom is -0.354 e. The summed E-state index contributed by atoms with van der Waals surface area (Å²) >= 11 is 6.20. The highest BCUT2D eigenvalue weighted by Crippen LogP contribution is 2.51. The van der Waals surface area contributed by atoms with E-state index in [1.807, 2.05) is 17.8 Å². The van der Waals surface area contributed by atoms with Gasteiger partial charge in [0.25, 0.3) is 10.2 Å². The topological polar surface area (TPSA) is 97.3 Å². The van der Waals surface area contributed by atoms with E-state index in [2.05, 4.69) is 14.9 Å². The van der Waals surface area contributed by atoms with E-state index in [1.165, 1.54) is 10.6 Å². The molecule has 0 aromatic carbocycles. The summed E-state index contributed by atoms with van der Waals surface area (Å²) in [6.45, 7) is 1.72. The van der Waals surface area contributed by atoms with Gasteiger partial charge in [-0.15, -0.1) is 0 Å². The first-order valence-corrected chi connectivity index (χ1v) is 9.55. The molecule has 2 aromatic rings. The standard InChI is InChI=1S/C14H19ClN6O2S/c1-19-5-10(15)11-12(19)13(18-8-17-11)21-6-14(7-21)3-9(4-14)20(2)24(16,22)23/h5,8-9H,3-4,6-7H2,1-2H3,(H2,16,22,23). The van der Waals surface area contributed by atoms with Crippen LogP contribution in [0, 0.1) is 5.41 Å². The number of aryl methyl sites for hydroxylation is 1. The smallest absolute Gasteiger partial charge is 0.276 e. The van der Waals surface area contributed by atoms with Crippen molar-refractivity contribution in [3.63, 3.8) is 0 Å². The van der Waals surface area contributed by atoms with Crippen LogP contribution in [0.1, 0.15) is 12.8 Å². The molecule has 1 aliphatic heterocycles. The molecule has 10 heteroatoms. The summed E-state index contributed by atoms with van der Waals surface area (Å²) in [5.74, 6) is 0.878. The molecular formula is C14H19ClN6O2S. The monoisotopic (exact) mass is 370 g/mol. The van der Waals surface area contributed by atoms with Crippen LogP contribution in [0.5, 0.6) is 0 Å². The maximum Gasteiger partial charge on any atom is 0.276 e. The van der Waals surface area contributed by atoms with Crippen LogP contribution in [0.25, 0.3) is 11.0 Å². The third-order valence-electron chi connectivity index (χ3n) is 5.29. The normalized spacial score (nSPS) is 20.6. The molecule has 2 aliphatic rings. The minimum absolute atomic E-state index is 0.00273. The van der Waals surface area contributed by atoms with E-state index in [1.54, 1.807) is 7.05 Å². The summed E-state index contributed by atoms with van der Waals surface area (Å²) in [5, 5.41) is 5.81. The van der Waals surface area contributed by atoms with Crippen LogP contribution in [-0.2, 0) is 17.3 Å². The Kier molecular flexibility index (Phi) is 3.38.